The normalized spacial score (nSPS) is 11.7. The lowest BCUT2D eigenvalue weighted by molar-refractivity contribution is -0.143. The van der Waals surface area contributed by atoms with Crippen LogP contribution in [0.5, 0.6) is 11.5 Å². The van der Waals surface area contributed by atoms with Crippen LogP contribution in [0.4, 0.5) is 0 Å². The van der Waals surface area contributed by atoms with Gasteiger partial charge in [0.15, 0.2) is 0 Å². The molecule has 128 valence electrons. The molecule has 0 fully saturated rings. The van der Waals surface area contributed by atoms with E-state index in [-0.39, 0.29) is 12.4 Å². The minimum Gasteiger partial charge on any atom is -0.497 e. The number of para-hydroxylation sites is 1. The molecule has 0 amide bonds. The van der Waals surface area contributed by atoms with Crippen LogP contribution in [0.2, 0.25) is 0 Å². The van der Waals surface area contributed by atoms with Crippen molar-refractivity contribution in [1.82, 2.24) is 0 Å². The first kappa shape index (κ1) is 17.8. The Labute approximate surface area is 142 Å². The monoisotopic (exact) mass is 329 g/mol. The summed E-state index contributed by atoms with van der Waals surface area (Å²) in [5, 5.41) is 0. The van der Waals surface area contributed by atoms with Crippen LogP contribution < -0.4 is 15.2 Å². The highest BCUT2D eigenvalue weighted by atomic mass is 16.5. The maximum Gasteiger partial charge on any atom is 0.307 e. The molecule has 0 aliphatic heterocycles. The number of carbonyl (C=O) groups is 1. The lowest BCUT2D eigenvalue weighted by atomic mass is 9.96. The largest absolute Gasteiger partial charge is 0.497 e. The second kappa shape index (κ2) is 8.36. The highest BCUT2D eigenvalue weighted by Crippen LogP contribution is 2.37. The molecule has 5 nitrogen and oxygen atoms in total. The van der Waals surface area contributed by atoms with E-state index in [9.17, 15) is 4.79 Å². The molecule has 0 saturated heterocycles. The summed E-state index contributed by atoms with van der Waals surface area (Å²) in [7, 11) is 3.22. The number of nitrogens with two attached hydrogens (primary N) is 1. The Morgan fingerprint density at radius 3 is 2.54 bits per heavy atom. The Hall–Kier alpha value is -2.53. The quantitative estimate of drug-likeness (QED) is 0.789. The zero-order chi connectivity index (χ0) is 17.5. The number of ether oxygens (including phenoxy) is 3. The van der Waals surface area contributed by atoms with Crippen LogP contribution in [-0.2, 0) is 9.53 Å². The Morgan fingerprint density at radius 1 is 1.12 bits per heavy atom. The summed E-state index contributed by atoms with van der Waals surface area (Å²) in [6.07, 6.45) is 0.103. The molecule has 0 radical (unpaired) electrons. The highest BCUT2D eigenvalue weighted by Gasteiger charge is 2.19. The average molecular weight is 329 g/mol. The number of carbonyl (C=O) groups excluding carboxylic acids is 1. The summed E-state index contributed by atoms with van der Waals surface area (Å²) in [5.74, 6) is 1.09. The third-order valence-corrected chi connectivity index (χ3v) is 3.72. The first-order valence-corrected chi connectivity index (χ1v) is 7.83. The highest BCUT2D eigenvalue weighted by molar-refractivity contribution is 5.75. The van der Waals surface area contributed by atoms with Crippen LogP contribution >= 0.6 is 0 Å². The molecule has 1 unspecified atom stereocenters. The molecule has 0 bridgehead atoms. The summed E-state index contributed by atoms with van der Waals surface area (Å²) in [6.45, 7) is 2.11. The van der Waals surface area contributed by atoms with E-state index in [1.807, 2.05) is 42.5 Å². The van der Waals surface area contributed by atoms with Crippen LogP contribution in [-0.4, -0.2) is 26.8 Å². The van der Waals surface area contributed by atoms with Gasteiger partial charge in [-0.15, -0.1) is 0 Å². The Bertz CT molecular complexity index is 700. The minimum absolute atomic E-state index is 0.103. The Balaban J connectivity index is 2.39. The summed E-state index contributed by atoms with van der Waals surface area (Å²) in [5.41, 5.74) is 8.82. The maximum atomic E-state index is 11.7. The summed E-state index contributed by atoms with van der Waals surface area (Å²) in [4.78, 5) is 11.7. The smallest absolute Gasteiger partial charge is 0.307 e. The molecule has 1 atom stereocenters. The van der Waals surface area contributed by atoms with E-state index < -0.39 is 6.04 Å². The number of esters is 1. The fourth-order valence-electron chi connectivity index (χ4n) is 2.60. The first-order valence-electron chi connectivity index (χ1n) is 7.83. The second-order valence-corrected chi connectivity index (χ2v) is 5.28. The lowest BCUT2D eigenvalue weighted by Crippen LogP contribution is -2.18. The van der Waals surface area contributed by atoms with Gasteiger partial charge < -0.3 is 19.9 Å². The Kier molecular flexibility index (Phi) is 6.21. The molecule has 0 spiro atoms. The van der Waals surface area contributed by atoms with Crippen molar-refractivity contribution in [1.29, 1.82) is 0 Å². The van der Waals surface area contributed by atoms with Crippen LogP contribution in [0.15, 0.2) is 42.5 Å². The van der Waals surface area contributed by atoms with Crippen LogP contribution in [0.1, 0.15) is 24.9 Å². The van der Waals surface area contributed by atoms with Crippen molar-refractivity contribution < 1.29 is 19.0 Å². The van der Waals surface area contributed by atoms with Gasteiger partial charge in [-0.2, -0.15) is 0 Å². The SMILES string of the molecule is CCOC(=O)CC(N)c1cccc(-c2cccc(OC)c2)c1OC. The number of benzene rings is 2. The summed E-state index contributed by atoms with van der Waals surface area (Å²) >= 11 is 0. The van der Waals surface area contributed by atoms with Gasteiger partial charge in [0.25, 0.3) is 0 Å². The van der Waals surface area contributed by atoms with E-state index in [2.05, 4.69) is 0 Å². The zero-order valence-corrected chi connectivity index (χ0v) is 14.2. The molecule has 0 aliphatic rings. The molecule has 2 aromatic carbocycles. The third kappa shape index (κ3) is 4.06. The zero-order valence-electron chi connectivity index (χ0n) is 14.2. The van der Waals surface area contributed by atoms with Gasteiger partial charge in [0, 0.05) is 17.2 Å². The number of methoxy groups -OCH3 is 2. The van der Waals surface area contributed by atoms with Gasteiger partial charge in [0.2, 0.25) is 0 Å². The fraction of sp³-hybridized carbons (Fsp3) is 0.316. The molecule has 2 rings (SSSR count). The van der Waals surface area contributed by atoms with Crippen molar-refractivity contribution in [3.05, 3.63) is 48.0 Å². The van der Waals surface area contributed by atoms with E-state index >= 15 is 0 Å². The second-order valence-electron chi connectivity index (χ2n) is 5.28. The maximum absolute atomic E-state index is 11.7. The molecule has 0 heterocycles. The molecule has 5 heteroatoms. The van der Waals surface area contributed by atoms with Crippen molar-refractivity contribution >= 4 is 5.97 Å². The molecule has 24 heavy (non-hydrogen) atoms. The van der Waals surface area contributed by atoms with E-state index in [0.29, 0.717) is 12.4 Å². The van der Waals surface area contributed by atoms with Gasteiger partial charge in [-0.05, 0) is 24.6 Å². The van der Waals surface area contributed by atoms with Gasteiger partial charge in [-0.25, -0.2) is 0 Å². The molecular weight excluding hydrogens is 306 g/mol. The number of hydrogen-bond acceptors (Lipinski definition) is 5. The minimum atomic E-state index is -0.496. The average Bonchev–Trinajstić information content (AvgIpc) is 2.61. The van der Waals surface area contributed by atoms with Crippen molar-refractivity contribution in [3.63, 3.8) is 0 Å². The van der Waals surface area contributed by atoms with Crippen molar-refractivity contribution in [2.75, 3.05) is 20.8 Å². The van der Waals surface area contributed by atoms with E-state index in [1.165, 1.54) is 0 Å². The van der Waals surface area contributed by atoms with E-state index in [1.54, 1.807) is 21.1 Å². The Morgan fingerprint density at radius 2 is 1.88 bits per heavy atom. The van der Waals surface area contributed by atoms with Crippen LogP contribution in [0.25, 0.3) is 11.1 Å². The van der Waals surface area contributed by atoms with E-state index in [0.717, 1.165) is 22.4 Å². The first-order chi connectivity index (χ1) is 11.6. The van der Waals surface area contributed by atoms with Crippen LogP contribution in [0.3, 0.4) is 0 Å². The third-order valence-electron chi connectivity index (χ3n) is 3.72. The molecule has 0 saturated carbocycles. The molecule has 0 aliphatic carbocycles. The summed E-state index contributed by atoms with van der Waals surface area (Å²) < 4.78 is 15.9. The van der Waals surface area contributed by atoms with Crippen molar-refractivity contribution in [2.45, 2.75) is 19.4 Å². The van der Waals surface area contributed by atoms with Gasteiger partial charge in [0.1, 0.15) is 11.5 Å². The number of rotatable bonds is 7. The fourth-order valence-corrected chi connectivity index (χ4v) is 2.60. The standard InChI is InChI=1S/C19H23NO4/c1-4-24-18(21)12-17(20)16-10-6-9-15(19(16)23-3)13-7-5-8-14(11-13)22-2/h5-11,17H,4,12,20H2,1-3H3. The molecule has 2 N–H and O–H groups in total. The predicted molar refractivity (Wildman–Crippen MR) is 93.2 cm³/mol. The summed E-state index contributed by atoms with van der Waals surface area (Å²) in [6, 6.07) is 12.9. The molecule has 0 aromatic heterocycles. The van der Waals surface area contributed by atoms with Crippen molar-refractivity contribution in [3.8, 4) is 22.6 Å². The van der Waals surface area contributed by atoms with Gasteiger partial charge in [-0.3, -0.25) is 4.79 Å². The topological polar surface area (TPSA) is 70.8 Å². The van der Waals surface area contributed by atoms with E-state index in [4.69, 9.17) is 19.9 Å². The van der Waals surface area contributed by atoms with Crippen molar-refractivity contribution in [2.24, 2.45) is 5.73 Å². The van der Waals surface area contributed by atoms with Gasteiger partial charge in [0.05, 0.1) is 27.2 Å². The van der Waals surface area contributed by atoms with Gasteiger partial charge >= 0.3 is 5.97 Å². The molecule has 2 aromatic rings. The molecular formula is C19H23NO4. The van der Waals surface area contributed by atoms with Gasteiger partial charge in [-0.1, -0.05) is 30.3 Å². The number of hydrogen-bond donors (Lipinski definition) is 1. The predicted octanol–water partition coefficient (Wildman–Crippen LogP) is 3.32. The van der Waals surface area contributed by atoms with Crippen LogP contribution in [0, 0.1) is 0 Å². The lowest BCUT2D eigenvalue weighted by Gasteiger charge is -2.18.